The number of hydrogen-bond acceptors (Lipinski definition) is 1. The Morgan fingerprint density at radius 3 is 2.48 bits per heavy atom. The van der Waals surface area contributed by atoms with Crippen LogP contribution in [0.25, 0.3) is 32.9 Å². The minimum atomic E-state index is 0. The molecule has 0 amide bonds. The van der Waals surface area contributed by atoms with Crippen LogP contribution in [0, 0.1) is 13.8 Å². The predicted molar refractivity (Wildman–Crippen MR) is 110 cm³/mol. The van der Waals surface area contributed by atoms with E-state index in [4.69, 9.17) is 4.98 Å². The minimum absolute atomic E-state index is 0. The fraction of sp³-hybridized carbons (Fsp3) is 0.227. The van der Waals surface area contributed by atoms with Gasteiger partial charge in [0.2, 0.25) is 0 Å². The van der Waals surface area contributed by atoms with E-state index in [2.05, 4.69) is 73.9 Å². The first-order chi connectivity index (χ1) is 11.7. The summed E-state index contributed by atoms with van der Waals surface area (Å²) in [6.45, 7) is 7.70. The number of rotatable bonds is 3. The van der Waals surface area contributed by atoms with E-state index in [1.807, 2.05) is 6.20 Å². The van der Waals surface area contributed by atoms with Gasteiger partial charge in [-0.25, -0.2) is 0 Å². The van der Waals surface area contributed by atoms with Crippen LogP contribution in [0.1, 0.15) is 24.6 Å². The van der Waals surface area contributed by atoms with Gasteiger partial charge in [-0.1, -0.05) is 49.4 Å². The van der Waals surface area contributed by atoms with Crippen LogP contribution in [0.3, 0.4) is 0 Å². The molecule has 4 rings (SSSR count). The van der Waals surface area contributed by atoms with E-state index >= 15 is 0 Å². The Morgan fingerprint density at radius 1 is 0.920 bits per heavy atom. The number of aromatic nitrogens is 2. The van der Waals surface area contributed by atoms with Crippen molar-refractivity contribution in [1.82, 2.24) is 9.55 Å². The molecule has 2 heterocycles. The molecule has 0 aliphatic rings. The van der Waals surface area contributed by atoms with Gasteiger partial charge < -0.3 is 4.57 Å². The zero-order chi connectivity index (χ0) is 16.7. The van der Waals surface area contributed by atoms with Crippen molar-refractivity contribution < 1.29 is 0 Å². The third-order valence-electron chi connectivity index (χ3n) is 5.04. The summed E-state index contributed by atoms with van der Waals surface area (Å²) < 4.78 is 2.44. The quantitative estimate of drug-likeness (QED) is 0.423. The molecule has 128 valence electrons. The van der Waals surface area contributed by atoms with Gasteiger partial charge in [0, 0.05) is 29.4 Å². The monoisotopic (exact) mass is 350 g/mol. The lowest BCUT2D eigenvalue weighted by molar-refractivity contribution is 0.683. The summed E-state index contributed by atoms with van der Waals surface area (Å²) in [6.07, 6.45) is 3.07. The molecule has 0 spiro atoms. The molecule has 4 aromatic rings. The van der Waals surface area contributed by atoms with Gasteiger partial charge in [-0.2, -0.15) is 0 Å². The zero-order valence-corrected chi connectivity index (χ0v) is 15.7. The van der Waals surface area contributed by atoms with Gasteiger partial charge in [0.15, 0.2) is 0 Å². The second-order valence-electron chi connectivity index (χ2n) is 6.44. The van der Waals surface area contributed by atoms with Crippen LogP contribution in [0.5, 0.6) is 0 Å². The highest BCUT2D eigenvalue weighted by atomic mass is 35.5. The number of nitrogens with zero attached hydrogens (tertiary/aromatic N) is 2. The molecule has 3 heteroatoms. The normalized spacial score (nSPS) is 11.0. The highest BCUT2D eigenvalue weighted by molar-refractivity contribution is 6.03. The van der Waals surface area contributed by atoms with Gasteiger partial charge in [-0.3, -0.25) is 4.98 Å². The summed E-state index contributed by atoms with van der Waals surface area (Å²) in [5.74, 6) is 0. The topological polar surface area (TPSA) is 17.8 Å². The van der Waals surface area contributed by atoms with E-state index in [0.717, 1.165) is 18.7 Å². The van der Waals surface area contributed by atoms with E-state index in [1.54, 1.807) is 0 Å². The number of pyridine rings is 1. The van der Waals surface area contributed by atoms with E-state index in [-0.39, 0.29) is 12.4 Å². The summed E-state index contributed by atoms with van der Waals surface area (Å²) in [7, 11) is 0. The maximum absolute atomic E-state index is 4.80. The lowest BCUT2D eigenvalue weighted by Crippen LogP contribution is -2.01. The summed E-state index contributed by atoms with van der Waals surface area (Å²) in [5.41, 5.74) is 6.29. The number of hydrogen-bond donors (Lipinski definition) is 0. The van der Waals surface area contributed by atoms with Crippen LogP contribution >= 0.6 is 12.4 Å². The van der Waals surface area contributed by atoms with Gasteiger partial charge >= 0.3 is 0 Å². The van der Waals surface area contributed by atoms with Crippen LogP contribution in [-0.2, 0) is 6.54 Å². The molecule has 0 aliphatic carbocycles. The van der Waals surface area contributed by atoms with Gasteiger partial charge in [0.1, 0.15) is 0 Å². The van der Waals surface area contributed by atoms with Gasteiger partial charge in [-0.15, -0.1) is 12.4 Å². The van der Waals surface area contributed by atoms with E-state index in [9.17, 15) is 0 Å². The average Bonchev–Trinajstić information content (AvgIpc) is 2.87. The van der Waals surface area contributed by atoms with Crippen LogP contribution in [-0.4, -0.2) is 9.55 Å². The molecule has 2 aromatic heterocycles. The molecule has 25 heavy (non-hydrogen) atoms. The van der Waals surface area contributed by atoms with Crippen LogP contribution in [0.4, 0.5) is 0 Å². The largest absolute Gasteiger partial charge is 0.343 e. The number of halogens is 1. The fourth-order valence-corrected chi connectivity index (χ4v) is 3.73. The molecule has 0 saturated heterocycles. The first kappa shape index (κ1) is 17.5. The van der Waals surface area contributed by atoms with E-state index in [1.165, 1.54) is 38.5 Å². The Labute approximate surface area is 154 Å². The highest BCUT2D eigenvalue weighted by Crippen LogP contribution is 2.35. The molecule has 0 unspecified atom stereocenters. The zero-order valence-electron chi connectivity index (χ0n) is 14.9. The van der Waals surface area contributed by atoms with Crippen molar-refractivity contribution in [3.8, 4) is 11.3 Å². The Balaban J connectivity index is 0.00000182. The first-order valence-corrected chi connectivity index (χ1v) is 8.65. The molecule has 0 bridgehead atoms. The molecule has 2 nitrogen and oxygen atoms in total. The molecule has 0 saturated carbocycles. The first-order valence-electron chi connectivity index (χ1n) is 8.65. The Morgan fingerprint density at radius 2 is 1.68 bits per heavy atom. The molecule has 0 radical (unpaired) electrons. The maximum atomic E-state index is 4.80. The van der Waals surface area contributed by atoms with Gasteiger partial charge in [0.05, 0.1) is 11.2 Å². The van der Waals surface area contributed by atoms with E-state index in [0.29, 0.717) is 0 Å². The molecule has 0 N–H and O–H groups in total. The Kier molecular flexibility index (Phi) is 4.82. The lowest BCUT2D eigenvalue weighted by Gasteiger charge is -2.12. The third kappa shape index (κ3) is 2.71. The van der Waals surface area contributed by atoms with Crippen LogP contribution in [0.2, 0.25) is 0 Å². The summed E-state index contributed by atoms with van der Waals surface area (Å²) in [6, 6.07) is 17.2. The third-order valence-corrected chi connectivity index (χ3v) is 5.04. The van der Waals surface area contributed by atoms with Crippen LogP contribution < -0.4 is 0 Å². The second-order valence-corrected chi connectivity index (χ2v) is 6.44. The summed E-state index contributed by atoms with van der Waals surface area (Å²) in [5, 5.41) is 3.84. The molecular weight excluding hydrogens is 328 g/mol. The highest BCUT2D eigenvalue weighted by Gasteiger charge is 2.17. The van der Waals surface area contributed by atoms with Gasteiger partial charge in [-0.05, 0) is 42.7 Å². The van der Waals surface area contributed by atoms with Gasteiger partial charge in [0.25, 0.3) is 0 Å². The summed E-state index contributed by atoms with van der Waals surface area (Å²) >= 11 is 0. The van der Waals surface area contributed by atoms with Crippen molar-refractivity contribution in [1.29, 1.82) is 0 Å². The number of benzene rings is 2. The predicted octanol–water partition coefficient (Wildman–Crippen LogP) is 6.31. The smallest absolute Gasteiger partial charge is 0.0951 e. The van der Waals surface area contributed by atoms with Crippen molar-refractivity contribution >= 4 is 34.1 Å². The fourth-order valence-electron chi connectivity index (χ4n) is 3.73. The van der Waals surface area contributed by atoms with E-state index < -0.39 is 0 Å². The number of aryl methyl sites for hydroxylation is 2. The molecule has 0 fully saturated rings. The summed E-state index contributed by atoms with van der Waals surface area (Å²) in [4.78, 5) is 4.80. The average molecular weight is 351 g/mol. The number of fused-ring (bicyclic) bond motifs is 2. The molecular formula is C22H23ClN2. The Hall–Kier alpha value is -2.32. The Bertz CT molecular complexity index is 1040. The maximum Gasteiger partial charge on any atom is 0.0951 e. The molecule has 2 aromatic carbocycles. The van der Waals surface area contributed by atoms with Crippen molar-refractivity contribution in [2.45, 2.75) is 33.7 Å². The SMILES string of the molecule is CCCn1c(C)c(C)c2ccnc(-c3cccc4ccccc34)c21.Cl. The minimum Gasteiger partial charge on any atom is -0.343 e. The lowest BCUT2D eigenvalue weighted by atomic mass is 10.0. The standard InChI is InChI=1S/C22H22N2.ClH/c1-4-14-24-16(3)15(2)18-12-13-23-21(22(18)24)20-11-7-9-17-8-5-6-10-19(17)20;/h5-13H,4,14H2,1-3H3;1H. The molecule has 0 aliphatic heterocycles. The van der Waals surface area contributed by atoms with Crippen molar-refractivity contribution in [2.24, 2.45) is 0 Å². The molecule has 0 atom stereocenters. The second kappa shape index (κ2) is 6.89. The van der Waals surface area contributed by atoms with Crippen molar-refractivity contribution in [3.63, 3.8) is 0 Å². The van der Waals surface area contributed by atoms with Crippen molar-refractivity contribution in [2.75, 3.05) is 0 Å². The van der Waals surface area contributed by atoms with Crippen LogP contribution in [0.15, 0.2) is 54.7 Å². The van der Waals surface area contributed by atoms with Crippen molar-refractivity contribution in [3.05, 3.63) is 66.0 Å².